The van der Waals surface area contributed by atoms with Crippen LogP contribution in [0.25, 0.3) is 0 Å². The standard InChI is InChI=1S/C3H2ClN3.C3H3N3O3/c4-3-1-2-5-7-6-3;7-1-4-2(8)6-3(9)5-1/h1-2H;(H3,4,5,6,7,8,9). The summed E-state index contributed by atoms with van der Waals surface area (Å²) >= 11 is 5.33. The van der Waals surface area contributed by atoms with Gasteiger partial charge in [-0.15, -0.1) is 10.2 Å². The van der Waals surface area contributed by atoms with Crippen LogP contribution >= 0.6 is 11.6 Å². The summed E-state index contributed by atoms with van der Waals surface area (Å²) in [5, 5.41) is 10.4. The third-order valence-electron chi connectivity index (χ3n) is 1.15. The van der Waals surface area contributed by atoms with Crippen LogP contribution in [-0.2, 0) is 0 Å². The molecule has 2 aromatic rings. The van der Waals surface area contributed by atoms with Gasteiger partial charge in [-0.05, 0) is 11.3 Å². The van der Waals surface area contributed by atoms with Gasteiger partial charge in [0.25, 0.3) is 0 Å². The number of hydrogen-bond donors (Lipinski definition) is 3. The minimum atomic E-state index is -0.802. The molecule has 0 fully saturated rings. The molecule has 3 N–H and O–H groups in total. The summed E-state index contributed by atoms with van der Waals surface area (Å²) in [6.07, 6.45) is 1.48. The Balaban J connectivity index is 0.000000165. The summed E-state index contributed by atoms with van der Waals surface area (Å²) < 4.78 is 0. The van der Waals surface area contributed by atoms with E-state index < -0.39 is 17.1 Å². The Kier molecular flexibility index (Phi) is 4.09. The quantitative estimate of drug-likeness (QED) is 0.504. The third-order valence-corrected chi connectivity index (χ3v) is 1.35. The summed E-state index contributed by atoms with van der Waals surface area (Å²) in [7, 11) is 0. The maximum atomic E-state index is 10.2. The maximum Gasteiger partial charge on any atom is 0.330 e. The molecule has 84 valence electrons. The lowest BCUT2D eigenvalue weighted by Gasteiger charge is -1.77. The third kappa shape index (κ3) is 4.28. The van der Waals surface area contributed by atoms with Crippen molar-refractivity contribution in [1.82, 2.24) is 30.4 Å². The van der Waals surface area contributed by atoms with E-state index >= 15 is 0 Å². The Labute approximate surface area is 91.5 Å². The van der Waals surface area contributed by atoms with Crippen molar-refractivity contribution < 1.29 is 0 Å². The van der Waals surface area contributed by atoms with E-state index in [1.54, 1.807) is 21.0 Å². The van der Waals surface area contributed by atoms with Crippen molar-refractivity contribution >= 4 is 11.6 Å². The highest BCUT2D eigenvalue weighted by atomic mass is 35.5. The van der Waals surface area contributed by atoms with E-state index in [-0.39, 0.29) is 0 Å². The Morgan fingerprint density at radius 2 is 1.50 bits per heavy atom. The zero-order valence-corrected chi connectivity index (χ0v) is 8.35. The zero-order chi connectivity index (χ0) is 12.0. The van der Waals surface area contributed by atoms with Gasteiger partial charge in [0.05, 0.1) is 6.20 Å². The Morgan fingerprint density at radius 1 is 1.00 bits per heavy atom. The van der Waals surface area contributed by atoms with Crippen molar-refractivity contribution in [3.8, 4) is 0 Å². The van der Waals surface area contributed by atoms with Gasteiger partial charge in [0.15, 0.2) is 5.15 Å². The van der Waals surface area contributed by atoms with Crippen LogP contribution in [0.2, 0.25) is 5.15 Å². The van der Waals surface area contributed by atoms with Crippen molar-refractivity contribution in [2.75, 3.05) is 0 Å². The molecule has 2 aromatic heterocycles. The molecule has 0 aliphatic rings. The fourth-order valence-electron chi connectivity index (χ4n) is 0.630. The topological polar surface area (TPSA) is 137 Å². The van der Waals surface area contributed by atoms with Gasteiger partial charge >= 0.3 is 17.1 Å². The second-order valence-corrected chi connectivity index (χ2v) is 2.69. The average Bonchev–Trinajstić information content (AvgIpc) is 2.17. The van der Waals surface area contributed by atoms with Crippen molar-refractivity contribution in [2.24, 2.45) is 0 Å². The molecule has 0 bridgehead atoms. The van der Waals surface area contributed by atoms with Crippen LogP contribution in [0.3, 0.4) is 0 Å². The normalized spacial score (nSPS) is 9.06. The molecular formula is C6H5ClN6O3. The maximum absolute atomic E-state index is 10.2. The van der Waals surface area contributed by atoms with Gasteiger partial charge in [-0.3, -0.25) is 15.0 Å². The van der Waals surface area contributed by atoms with Gasteiger partial charge < -0.3 is 0 Å². The molecule has 0 saturated heterocycles. The summed E-state index contributed by atoms with van der Waals surface area (Å²) in [5.74, 6) is 0. The van der Waals surface area contributed by atoms with Crippen molar-refractivity contribution in [3.05, 3.63) is 48.9 Å². The molecule has 10 heteroatoms. The Morgan fingerprint density at radius 3 is 1.75 bits per heavy atom. The molecule has 2 rings (SSSR count). The summed E-state index contributed by atoms with van der Waals surface area (Å²) in [4.78, 5) is 35.9. The Hall–Kier alpha value is -2.29. The second kappa shape index (κ2) is 5.56. The highest BCUT2D eigenvalue weighted by Gasteiger charge is 1.85. The number of nitrogens with zero attached hydrogens (tertiary/aromatic N) is 3. The first-order valence-electron chi connectivity index (χ1n) is 3.81. The molecule has 0 aromatic carbocycles. The molecule has 0 aliphatic carbocycles. The monoisotopic (exact) mass is 244 g/mol. The lowest BCUT2D eigenvalue weighted by molar-refractivity contribution is 0.865. The average molecular weight is 245 g/mol. The first-order chi connectivity index (χ1) is 7.58. The van der Waals surface area contributed by atoms with Gasteiger partial charge in [0.2, 0.25) is 0 Å². The van der Waals surface area contributed by atoms with Gasteiger partial charge in [0.1, 0.15) is 0 Å². The molecular weight excluding hydrogens is 240 g/mol. The first kappa shape index (κ1) is 11.8. The first-order valence-corrected chi connectivity index (χ1v) is 4.18. The van der Waals surface area contributed by atoms with E-state index in [2.05, 4.69) is 15.4 Å². The smallest absolute Gasteiger partial charge is 0.259 e. The fourth-order valence-corrected chi connectivity index (χ4v) is 0.720. The number of H-pyrrole nitrogens is 3. The molecule has 16 heavy (non-hydrogen) atoms. The SMILES string of the molecule is Clc1ccnnn1.O=c1[nH]c(=O)[nH]c(=O)[nH]1. The van der Waals surface area contributed by atoms with E-state index in [9.17, 15) is 14.4 Å². The molecule has 0 unspecified atom stereocenters. The van der Waals surface area contributed by atoms with Crippen molar-refractivity contribution in [1.29, 1.82) is 0 Å². The molecule has 0 radical (unpaired) electrons. The molecule has 2 heterocycles. The lowest BCUT2D eigenvalue weighted by Crippen LogP contribution is -2.34. The van der Waals surface area contributed by atoms with Crippen LogP contribution in [0.5, 0.6) is 0 Å². The number of rotatable bonds is 0. The summed E-state index contributed by atoms with van der Waals surface area (Å²) in [6, 6.07) is 1.56. The fraction of sp³-hybridized carbons (Fsp3) is 0. The van der Waals surface area contributed by atoms with E-state index in [0.29, 0.717) is 5.15 Å². The molecule has 0 spiro atoms. The lowest BCUT2D eigenvalue weighted by atomic mass is 10.7. The van der Waals surface area contributed by atoms with Crippen LogP contribution in [0, 0.1) is 0 Å². The minimum Gasteiger partial charge on any atom is -0.259 e. The van der Waals surface area contributed by atoms with Gasteiger partial charge in [-0.2, -0.15) is 0 Å². The Bertz CT molecular complexity index is 523. The van der Waals surface area contributed by atoms with Crippen molar-refractivity contribution in [2.45, 2.75) is 0 Å². The van der Waals surface area contributed by atoms with Crippen LogP contribution < -0.4 is 17.1 Å². The van der Waals surface area contributed by atoms with E-state index in [1.807, 2.05) is 0 Å². The van der Waals surface area contributed by atoms with Crippen LogP contribution in [0.1, 0.15) is 0 Å². The zero-order valence-electron chi connectivity index (χ0n) is 7.60. The predicted octanol–water partition coefficient (Wildman–Crippen LogP) is -1.72. The minimum absolute atomic E-state index is 0.370. The van der Waals surface area contributed by atoms with E-state index in [4.69, 9.17) is 11.6 Å². The van der Waals surface area contributed by atoms with Gasteiger partial charge in [-0.1, -0.05) is 11.6 Å². The van der Waals surface area contributed by atoms with Gasteiger partial charge in [0, 0.05) is 0 Å². The van der Waals surface area contributed by atoms with E-state index in [0.717, 1.165) is 0 Å². The van der Waals surface area contributed by atoms with Crippen LogP contribution in [0.4, 0.5) is 0 Å². The molecule has 0 atom stereocenters. The highest BCUT2D eigenvalue weighted by Crippen LogP contribution is 1.94. The second-order valence-electron chi connectivity index (χ2n) is 2.31. The van der Waals surface area contributed by atoms with Crippen LogP contribution in [0.15, 0.2) is 26.6 Å². The number of nitrogens with one attached hydrogen (secondary N) is 3. The number of hydrogen-bond acceptors (Lipinski definition) is 6. The van der Waals surface area contributed by atoms with Crippen molar-refractivity contribution in [3.63, 3.8) is 0 Å². The van der Waals surface area contributed by atoms with Gasteiger partial charge in [-0.25, -0.2) is 14.4 Å². The van der Waals surface area contributed by atoms with Crippen LogP contribution in [-0.4, -0.2) is 30.4 Å². The summed E-state index contributed by atoms with van der Waals surface area (Å²) in [6.45, 7) is 0. The number of halogens is 1. The molecule has 0 amide bonds. The predicted molar refractivity (Wildman–Crippen MR) is 53.1 cm³/mol. The highest BCUT2D eigenvalue weighted by molar-refractivity contribution is 6.29. The van der Waals surface area contributed by atoms with E-state index in [1.165, 1.54) is 6.20 Å². The molecule has 0 aliphatic heterocycles. The molecule has 9 nitrogen and oxygen atoms in total. The number of aromatic nitrogens is 6. The number of aromatic amines is 3. The largest absolute Gasteiger partial charge is 0.330 e. The molecule has 0 saturated carbocycles. The summed E-state index contributed by atoms with van der Waals surface area (Å²) in [5.41, 5.74) is -2.41.